The number of rotatable bonds is 4. The molecule has 1 saturated heterocycles. The van der Waals surface area contributed by atoms with E-state index in [2.05, 4.69) is 51.2 Å². The molecule has 1 aromatic rings. The number of nitrogens with zero attached hydrogens (tertiary/aromatic N) is 1. The average molecular weight is 317 g/mol. The Bertz CT molecular complexity index is 417. The first-order chi connectivity index (χ1) is 9.01. The van der Waals surface area contributed by atoms with Crippen LogP contribution in [0.4, 0.5) is 0 Å². The summed E-state index contributed by atoms with van der Waals surface area (Å²) in [6.45, 7) is 9.79. The highest BCUT2D eigenvalue weighted by atomic mass is 32.2. The maximum atomic E-state index is 5.88. The molecule has 19 heavy (non-hydrogen) atoms. The summed E-state index contributed by atoms with van der Waals surface area (Å²) in [5, 5.41) is 3.33. The summed E-state index contributed by atoms with van der Waals surface area (Å²) in [4.78, 5) is 6.20. The molecule has 3 unspecified atom stereocenters. The minimum absolute atomic E-state index is 0.562. The molecule has 0 aliphatic carbocycles. The van der Waals surface area contributed by atoms with Gasteiger partial charge >= 0.3 is 0 Å². The fourth-order valence-electron chi connectivity index (χ4n) is 2.16. The van der Waals surface area contributed by atoms with Crippen LogP contribution in [0.25, 0.3) is 0 Å². The van der Waals surface area contributed by atoms with Crippen LogP contribution in [0.5, 0.6) is 0 Å². The normalized spacial score (nSPS) is 28.0. The molecule has 0 saturated carbocycles. The van der Waals surface area contributed by atoms with Crippen molar-refractivity contribution in [3.63, 3.8) is 0 Å². The zero-order valence-electron chi connectivity index (χ0n) is 12.2. The monoisotopic (exact) mass is 316 g/mol. The van der Waals surface area contributed by atoms with Crippen molar-refractivity contribution in [1.82, 2.24) is 4.98 Å². The molecule has 2 heterocycles. The second kappa shape index (κ2) is 6.83. The lowest BCUT2D eigenvalue weighted by Crippen LogP contribution is -2.21. The van der Waals surface area contributed by atoms with Gasteiger partial charge in [-0.2, -0.15) is 11.8 Å². The Labute approximate surface area is 129 Å². The number of nitrogens with two attached hydrogens (primary N) is 1. The van der Waals surface area contributed by atoms with Crippen LogP contribution in [0.1, 0.15) is 48.5 Å². The van der Waals surface area contributed by atoms with Gasteiger partial charge in [0.05, 0.1) is 10.9 Å². The van der Waals surface area contributed by atoms with Crippen LogP contribution in [0.3, 0.4) is 0 Å². The Morgan fingerprint density at radius 2 is 2.05 bits per heavy atom. The molecule has 1 fully saturated rings. The lowest BCUT2D eigenvalue weighted by atomic mass is 10.1. The van der Waals surface area contributed by atoms with Gasteiger partial charge in [-0.1, -0.05) is 27.7 Å². The van der Waals surface area contributed by atoms with Crippen molar-refractivity contribution >= 4 is 34.9 Å². The third-order valence-corrected chi connectivity index (χ3v) is 8.19. The minimum atomic E-state index is 0.562. The SMILES string of the molecule is CC(C)Cc1nc(C2CSC(C)C(C)S2)sc1CN. The van der Waals surface area contributed by atoms with Crippen LogP contribution in [0.2, 0.25) is 0 Å². The second-order valence-corrected chi connectivity index (χ2v) is 9.70. The van der Waals surface area contributed by atoms with Crippen molar-refractivity contribution in [2.24, 2.45) is 11.7 Å². The van der Waals surface area contributed by atoms with Crippen LogP contribution in [-0.2, 0) is 13.0 Å². The van der Waals surface area contributed by atoms with E-state index < -0.39 is 0 Å². The first-order valence-electron chi connectivity index (χ1n) is 6.96. The molecule has 2 nitrogen and oxygen atoms in total. The highest BCUT2D eigenvalue weighted by Crippen LogP contribution is 2.45. The molecule has 2 rings (SSSR count). The van der Waals surface area contributed by atoms with Crippen LogP contribution >= 0.6 is 34.9 Å². The minimum Gasteiger partial charge on any atom is -0.326 e. The van der Waals surface area contributed by atoms with Gasteiger partial charge in [0.1, 0.15) is 5.01 Å². The molecular formula is C14H24N2S3. The molecule has 1 aliphatic rings. The van der Waals surface area contributed by atoms with E-state index in [1.54, 1.807) is 0 Å². The standard InChI is InChI=1S/C14H24N2S3/c1-8(2)5-11-12(6-15)19-14(16-11)13-7-17-9(3)10(4)18-13/h8-10,13H,5-7,15H2,1-4H3. The molecule has 0 amide bonds. The molecule has 5 heteroatoms. The Morgan fingerprint density at radius 1 is 1.32 bits per heavy atom. The Hall–Kier alpha value is 0.290. The van der Waals surface area contributed by atoms with E-state index in [-0.39, 0.29) is 0 Å². The van der Waals surface area contributed by atoms with Gasteiger partial charge in [-0.25, -0.2) is 4.98 Å². The van der Waals surface area contributed by atoms with Gasteiger partial charge in [0, 0.05) is 27.7 Å². The van der Waals surface area contributed by atoms with Gasteiger partial charge in [-0.15, -0.1) is 23.1 Å². The lowest BCUT2D eigenvalue weighted by molar-refractivity contribution is 0.632. The highest BCUT2D eigenvalue weighted by molar-refractivity contribution is 8.07. The van der Waals surface area contributed by atoms with Crippen LogP contribution in [-0.4, -0.2) is 21.2 Å². The van der Waals surface area contributed by atoms with E-state index in [0.717, 1.165) is 11.7 Å². The summed E-state index contributed by atoms with van der Waals surface area (Å²) < 4.78 is 0. The summed E-state index contributed by atoms with van der Waals surface area (Å²) in [7, 11) is 0. The van der Waals surface area contributed by atoms with Crippen LogP contribution < -0.4 is 5.73 Å². The van der Waals surface area contributed by atoms with Crippen molar-refractivity contribution in [2.45, 2.75) is 56.4 Å². The smallest absolute Gasteiger partial charge is 0.107 e. The van der Waals surface area contributed by atoms with Crippen LogP contribution in [0, 0.1) is 5.92 Å². The van der Waals surface area contributed by atoms with E-state index in [4.69, 9.17) is 10.7 Å². The third-order valence-electron chi connectivity index (χ3n) is 3.41. The Kier molecular flexibility index (Phi) is 5.64. The summed E-state index contributed by atoms with van der Waals surface area (Å²) in [5.41, 5.74) is 7.12. The fourth-order valence-corrected chi connectivity index (χ4v) is 6.32. The fraction of sp³-hybridized carbons (Fsp3) is 0.786. The largest absolute Gasteiger partial charge is 0.326 e. The zero-order chi connectivity index (χ0) is 14.0. The molecule has 0 radical (unpaired) electrons. The van der Waals surface area contributed by atoms with Gasteiger partial charge in [-0.05, 0) is 12.3 Å². The average Bonchev–Trinajstić information content (AvgIpc) is 2.75. The Balaban J connectivity index is 2.14. The second-order valence-electron chi connectivity index (χ2n) is 5.59. The first-order valence-corrected chi connectivity index (χ1v) is 9.77. The van der Waals surface area contributed by atoms with Gasteiger partial charge in [0.15, 0.2) is 0 Å². The molecule has 3 atom stereocenters. The van der Waals surface area contributed by atoms with Gasteiger partial charge in [-0.3, -0.25) is 0 Å². The van der Waals surface area contributed by atoms with Gasteiger partial charge < -0.3 is 5.73 Å². The van der Waals surface area contributed by atoms with E-state index in [1.807, 2.05) is 11.3 Å². The molecular weight excluding hydrogens is 292 g/mol. The molecule has 0 bridgehead atoms. The molecule has 0 aromatic carbocycles. The molecule has 1 aliphatic heterocycles. The summed E-state index contributed by atoms with van der Waals surface area (Å²) in [6.07, 6.45) is 1.06. The van der Waals surface area contributed by atoms with Gasteiger partial charge in [0.25, 0.3) is 0 Å². The highest BCUT2D eigenvalue weighted by Gasteiger charge is 2.29. The van der Waals surface area contributed by atoms with Crippen LogP contribution in [0.15, 0.2) is 0 Å². The van der Waals surface area contributed by atoms with Gasteiger partial charge in [0.2, 0.25) is 0 Å². The van der Waals surface area contributed by atoms with Crippen molar-refractivity contribution in [3.8, 4) is 0 Å². The maximum Gasteiger partial charge on any atom is 0.107 e. The number of thiazole rings is 1. The first kappa shape index (κ1) is 15.7. The van der Waals surface area contributed by atoms with E-state index in [0.29, 0.717) is 23.0 Å². The van der Waals surface area contributed by atoms with E-state index in [1.165, 1.54) is 21.3 Å². The van der Waals surface area contributed by atoms with Crippen molar-refractivity contribution in [3.05, 3.63) is 15.6 Å². The summed E-state index contributed by atoms with van der Waals surface area (Å²) in [6, 6.07) is 0. The number of thioether (sulfide) groups is 2. The predicted molar refractivity (Wildman–Crippen MR) is 90.3 cm³/mol. The van der Waals surface area contributed by atoms with Crippen molar-refractivity contribution in [1.29, 1.82) is 0 Å². The quantitative estimate of drug-likeness (QED) is 0.908. The third kappa shape index (κ3) is 3.90. The van der Waals surface area contributed by atoms with Crippen molar-refractivity contribution < 1.29 is 0 Å². The van der Waals surface area contributed by atoms with E-state index in [9.17, 15) is 0 Å². The topological polar surface area (TPSA) is 38.9 Å². The lowest BCUT2D eigenvalue weighted by Gasteiger charge is -2.30. The van der Waals surface area contributed by atoms with Crippen molar-refractivity contribution in [2.75, 3.05) is 5.75 Å². The van der Waals surface area contributed by atoms with E-state index >= 15 is 0 Å². The zero-order valence-corrected chi connectivity index (χ0v) is 14.6. The summed E-state index contributed by atoms with van der Waals surface area (Å²) >= 11 is 6.01. The summed E-state index contributed by atoms with van der Waals surface area (Å²) in [5.74, 6) is 1.84. The molecule has 2 N–H and O–H groups in total. The maximum absolute atomic E-state index is 5.88. The molecule has 0 spiro atoms. The molecule has 108 valence electrons. The molecule has 1 aromatic heterocycles. The number of hydrogen-bond acceptors (Lipinski definition) is 5. The Morgan fingerprint density at radius 3 is 2.63 bits per heavy atom. The predicted octanol–water partition coefficient (Wildman–Crippen LogP) is 4.10. The number of hydrogen-bond donors (Lipinski definition) is 1. The number of aromatic nitrogens is 1.